The van der Waals surface area contributed by atoms with Crippen molar-refractivity contribution in [2.24, 2.45) is 4.99 Å². The number of piperidine rings is 1. The predicted octanol–water partition coefficient (Wildman–Crippen LogP) is 2.32. The number of nitrogens with zero attached hydrogens (tertiary/aromatic N) is 2. The van der Waals surface area contributed by atoms with Gasteiger partial charge in [0.15, 0.2) is 0 Å². The Morgan fingerprint density at radius 3 is 2.83 bits per heavy atom. The second-order valence-corrected chi connectivity index (χ2v) is 6.58. The van der Waals surface area contributed by atoms with Gasteiger partial charge >= 0.3 is 0 Å². The Morgan fingerprint density at radius 2 is 2.08 bits per heavy atom. The van der Waals surface area contributed by atoms with Crippen LogP contribution in [-0.2, 0) is 9.59 Å². The zero-order chi connectivity index (χ0) is 17.1. The molecule has 0 bridgehead atoms. The van der Waals surface area contributed by atoms with E-state index in [1.54, 1.807) is 18.2 Å². The highest BCUT2D eigenvalue weighted by Gasteiger charge is 2.30. The first kappa shape index (κ1) is 16.8. The van der Waals surface area contributed by atoms with Crippen LogP contribution in [0, 0.1) is 6.92 Å². The van der Waals surface area contributed by atoms with Gasteiger partial charge in [-0.1, -0.05) is 17.7 Å². The molecule has 2 aliphatic heterocycles. The minimum Gasteiger partial charge on any atom is -0.343 e. The summed E-state index contributed by atoms with van der Waals surface area (Å²) in [5, 5.41) is 6.22. The number of hydrogen-bond acceptors (Lipinski definition) is 4. The number of aliphatic imine (C=N–C) groups is 1. The number of nitrogens with one attached hydrogen (secondary N) is 2. The van der Waals surface area contributed by atoms with Crippen molar-refractivity contribution in [1.82, 2.24) is 10.2 Å². The Labute approximate surface area is 146 Å². The van der Waals surface area contributed by atoms with Gasteiger partial charge < -0.3 is 10.2 Å². The number of rotatable bonds is 2. The summed E-state index contributed by atoms with van der Waals surface area (Å²) in [7, 11) is 0. The molecule has 2 aliphatic rings. The van der Waals surface area contributed by atoms with E-state index >= 15 is 0 Å². The van der Waals surface area contributed by atoms with Crippen LogP contribution in [0.25, 0.3) is 0 Å². The first-order chi connectivity index (χ1) is 11.5. The monoisotopic (exact) mass is 348 g/mol. The minimum atomic E-state index is -0.714. The summed E-state index contributed by atoms with van der Waals surface area (Å²) in [6.45, 7) is 3.57. The Bertz CT molecular complexity index is 683. The molecule has 1 aromatic carbocycles. The molecule has 0 radical (unpaired) electrons. The van der Waals surface area contributed by atoms with Crippen LogP contribution in [0.3, 0.4) is 0 Å². The molecule has 128 valence electrons. The summed E-state index contributed by atoms with van der Waals surface area (Å²) in [5.74, 6) is 0.0622. The van der Waals surface area contributed by atoms with Gasteiger partial charge in [0.05, 0.1) is 6.42 Å². The molecule has 24 heavy (non-hydrogen) atoms. The van der Waals surface area contributed by atoms with Gasteiger partial charge in [0.1, 0.15) is 6.04 Å². The molecule has 0 unspecified atom stereocenters. The van der Waals surface area contributed by atoms with Crippen molar-refractivity contribution in [1.29, 1.82) is 0 Å². The number of benzene rings is 1. The van der Waals surface area contributed by atoms with Crippen molar-refractivity contribution >= 4 is 35.1 Å². The van der Waals surface area contributed by atoms with Crippen molar-refractivity contribution in [3.63, 3.8) is 0 Å². The van der Waals surface area contributed by atoms with Crippen LogP contribution in [0.1, 0.15) is 31.2 Å². The van der Waals surface area contributed by atoms with E-state index in [4.69, 9.17) is 11.6 Å². The van der Waals surface area contributed by atoms with Crippen molar-refractivity contribution < 1.29 is 9.59 Å². The summed E-state index contributed by atoms with van der Waals surface area (Å²) in [6.07, 6.45) is 3.40. The van der Waals surface area contributed by atoms with Gasteiger partial charge in [-0.25, -0.2) is 4.99 Å². The maximum absolute atomic E-state index is 12.5. The fourth-order valence-electron chi connectivity index (χ4n) is 2.95. The molecule has 0 saturated carbocycles. The number of halogens is 1. The van der Waals surface area contributed by atoms with Crippen molar-refractivity contribution in [3.8, 4) is 0 Å². The average Bonchev–Trinajstić information content (AvgIpc) is 2.59. The molecule has 0 spiro atoms. The van der Waals surface area contributed by atoms with Crippen molar-refractivity contribution in [3.05, 3.63) is 28.8 Å². The van der Waals surface area contributed by atoms with Gasteiger partial charge in [-0.3, -0.25) is 14.9 Å². The van der Waals surface area contributed by atoms with Crippen LogP contribution in [0.15, 0.2) is 23.2 Å². The SMILES string of the molecule is Cc1c(Cl)cccc1NC(=O)[C@@H]1CC(=O)NC(N2CCCCC2)=N1. The highest BCUT2D eigenvalue weighted by molar-refractivity contribution is 6.31. The molecule has 2 heterocycles. The normalized spacial score (nSPS) is 21.1. The maximum Gasteiger partial charge on any atom is 0.249 e. The Morgan fingerprint density at radius 1 is 1.33 bits per heavy atom. The van der Waals surface area contributed by atoms with E-state index < -0.39 is 6.04 Å². The van der Waals surface area contributed by atoms with Crippen LogP contribution in [0.4, 0.5) is 5.69 Å². The highest BCUT2D eigenvalue weighted by Crippen LogP contribution is 2.23. The molecule has 3 rings (SSSR count). The zero-order valence-electron chi connectivity index (χ0n) is 13.6. The van der Waals surface area contributed by atoms with Gasteiger partial charge in [0.2, 0.25) is 17.8 Å². The number of likely N-dealkylation sites (tertiary alicyclic amines) is 1. The molecule has 1 aromatic rings. The quantitative estimate of drug-likeness (QED) is 0.861. The lowest BCUT2D eigenvalue weighted by atomic mass is 10.1. The van der Waals surface area contributed by atoms with E-state index in [0.29, 0.717) is 16.7 Å². The third-order valence-corrected chi connectivity index (χ3v) is 4.80. The molecule has 6 nitrogen and oxygen atoms in total. The standard InChI is InChI=1S/C17H21ClN4O2/c1-11-12(18)6-5-7-13(11)19-16(24)14-10-15(23)21-17(20-14)22-8-3-2-4-9-22/h5-7,14H,2-4,8-10H2,1H3,(H,19,24)(H,20,21,23)/t14-/m0/s1. The first-order valence-corrected chi connectivity index (χ1v) is 8.61. The summed E-state index contributed by atoms with van der Waals surface area (Å²) in [5.41, 5.74) is 1.45. The fourth-order valence-corrected chi connectivity index (χ4v) is 3.13. The number of guanidine groups is 1. The summed E-state index contributed by atoms with van der Waals surface area (Å²) >= 11 is 6.08. The van der Waals surface area contributed by atoms with Crippen LogP contribution in [0.2, 0.25) is 5.02 Å². The van der Waals surface area contributed by atoms with Crippen LogP contribution in [0.5, 0.6) is 0 Å². The topological polar surface area (TPSA) is 73.8 Å². The Hall–Kier alpha value is -2.08. The van der Waals surface area contributed by atoms with Gasteiger partial charge in [-0.2, -0.15) is 0 Å². The Kier molecular flexibility index (Phi) is 5.04. The second kappa shape index (κ2) is 7.21. The average molecular weight is 349 g/mol. The van der Waals surface area contributed by atoms with Crippen LogP contribution < -0.4 is 10.6 Å². The van der Waals surface area contributed by atoms with Crippen molar-refractivity contribution in [2.75, 3.05) is 18.4 Å². The third-order valence-electron chi connectivity index (χ3n) is 4.39. The maximum atomic E-state index is 12.5. The lowest BCUT2D eigenvalue weighted by Crippen LogP contribution is -2.51. The molecule has 2 N–H and O–H groups in total. The van der Waals surface area contributed by atoms with Crippen molar-refractivity contribution in [2.45, 2.75) is 38.6 Å². The molecule has 0 aromatic heterocycles. The van der Waals surface area contributed by atoms with Crippen LogP contribution in [-0.4, -0.2) is 41.8 Å². The second-order valence-electron chi connectivity index (χ2n) is 6.17. The summed E-state index contributed by atoms with van der Waals surface area (Å²) in [6, 6.07) is 4.62. The third kappa shape index (κ3) is 3.70. The summed E-state index contributed by atoms with van der Waals surface area (Å²) in [4.78, 5) is 31.0. The molecular weight excluding hydrogens is 328 g/mol. The predicted molar refractivity (Wildman–Crippen MR) is 94.2 cm³/mol. The zero-order valence-corrected chi connectivity index (χ0v) is 14.4. The lowest BCUT2D eigenvalue weighted by molar-refractivity contribution is -0.125. The van der Waals surface area contributed by atoms with E-state index in [9.17, 15) is 9.59 Å². The number of carbonyl (C=O) groups excluding carboxylic acids is 2. The molecule has 7 heteroatoms. The van der Waals surface area contributed by atoms with E-state index in [0.717, 1.165) is 31.5 Å². The smallest absolute Gasteiger partial charge is 0.249 e. The number of amides is 2. The molecule has 1 fully saturated rings. The molecule has 0 aliphatic carbocycles. The number of hydrogen-bond donors (Lipinski definition) is 2. The van der Waals surface area contributed by atoms with Gasteiger partial charge in [-0.05, 0) is 43.9 Å². The van der Waals surface area contributed by atoms with Gasteiger partial charge in [0, 0.05) is 23.8 Å². The first-order valence-electron chi connectivity index (χ1n) is 8.23. The minimum absolute atomic E-state index is 0.0583. The van der Waals surface area contributed by atoms with E-state index in [-0.39, 0.29) is 18.2 Å². The van der Waals surface area contributed by atoms with E-state index in [2.05, 4.69) is 15.6 Å². The highest BCUT2D eigenvalue weighted by atomic mass is 35.5. The molecule has 1 saturated heterocycles. The largest absolute Gasteiger partial charge is 0.343 e. The number of anilines is 1. The van der Waals surface area contributed by atoms with Crippen LogP contribution >= 0.6 is 11.6 Å². The molecular formula is C17H21ClN4O2. The van der Waals surface area contributed by atoms with E-state index in [1.165, 1.54) is 6.42 Å². The van der Waals surface area contributed by atoms with E-state index in [1.807, 2.05) is 11.8 Å². The summed E-state index contributed by atoms with van der Waals surface area (Å²) < 4.78 is 0. The van der Waals surface area contributed by atoms with Gasteiger partial charge in [-0.15, -0.1) is 0 Å². The number of carbonyl (C=O) groups is 2. The van der Waals surface area contributed by atoms with Gasteiger partial charge in [0.25, 0.3) is 0 Å². The molecule has 1 atom stereocenters. The molecule has 2 amide bonds. The Balaban J connectivity index is 1.75. The lowest BCUT2D eigenvalue weighted by Gasteiger charge is -2.32. The fraction of sp³-hybridized carbons (Fsp3) is 0.471.